The van der Waals surface area contributed by atoms with Crippen molar-refractivity contribution in [3.05, 3.63) is 47.5 Å². The number of ether oxygens (including phenoxy) is 6. The van der Waals surface area contributed by atoms with Crippen LogP contribution in [0.25, 0.3) is 0 Å². The fourth-order valence-electron chi connectivity index (χ4n) is 3.10. The molecule has 0 saturated heterocycles. The highest BCUT2D eigenvalue weighted by Gasteiger charge is 2.38. The van der Waals surface area contributed by atoms with E-state index in [4.69, 9.17) is 32.6 Å². The van der Waals surface area contributed by atoms with E-state index in [1.165, 1.54) is 52.7 Å². The van der Waals surface area contributed by atoms with Gasteiger partial charge in [-0.05, 0) is 43.7 Å². The Morgan fingerprint density at radius 3 is 2.00 bits per heavy atom. The fraction of sp³-hybridized carbons (Fsp3) is 0.435. The Kier molecular flexibility index (Phi) is 10.1. The predicted molar refractivity (Wildman–Crippen MR) is 122 cm³/mol. The van der Waals surface area contributed by atoms with Gasteiger partial charge >= 0.3 is 5.97 Å². The second kappa shape index (κ2) is 12.6. The van der Waals surface area contributed by atoms with Gasteiger partial charge in [-0.2, -0.15) is 8.42 Å². The molecule has 11 heteroatoms. The van der Waals surface area contributed by atoms with Gasteiger partial charge in [-0.15, -0.1) is 0 Å². The molecule has 0 saturated carbocycles. The third-order valence-electron chi connectivity index (χ3n) is 4.71. The maximum Gasteiger partial charge on any atom is 0.339 e. The van der Waals surface area contributed by atoms with E-state index in [-0.39, 0.29) is 29.8 Å². The first-order valence-electron chi connectivity index (χ1n) is 10.3. The van der Waals surface area contributed by atoms with Gasteiger partial charge in [0.25, 0.3) is 10.1 Å². The lowest BCUT2D eigenvalue weighted by Crippen LogP contribution is -2.36. The fourth-order valence-corrected chi connectivity index (χ4v) is 4.13. The van der Waals surface area contributed by atoms with Gasteiger partial charge in [0.15, 0.2) is 11.5 Å². The summed E-state index contributed by atoms with van der Waals surface area (Å²) in [5, 5.41) is 0. The Hall–Kier alpha value is -2.86. The lowest BCUT2D eigenvalue weighted by molar-refractivity contribution is -0.166. The Morgan fingerprint density at radius 1 is 0.941 bits per heavy atom. The first-order chi connectivity index (χ1) is 16.2. The van der Waals surface area contributed by atoms with E-state index < -0.39 is 28.3 Å². The number of hydrogen-bond donors (Lipinski definition) is 0. The SMILES string of the molecule is CCOC(=O)[C@@H](OS(=O)(=O)c1ccc(C)cc1)[C@H](OCOC)c1cc(OC)c(OC)c(OC)c1. The van der Waals surface area contributed by atoms with Crippen molar-refractivity contribution in [1.82, 2.24) is 0 Å². The van der Waals surface area contributed by atoms with Crippen molar-refractivity contribution in [2.45, 2.75) is 31.0 Å². The Bertz CT molecular complexity index is 1020. The molecule has 0 aliphatic carbocycles. The third kappa shape index (κ3) is 6.60. The van der Waals surface area contributed by atoms with E-state index in [0.29, 0.717) is 11.3 Å². The van der Waals surface area contributed by atoms with Gasteiger partial charge < -0.3 is 28.4 Å². The average Bonchev–Trinajstić information content (AvgIpc) is 2.83. The van der Waals surface area contributed by atoms with Crippen LogP contribution in [0.1, 0.15) is 24.2 Å². The first-order valence-corrected chi connectivity index (χ1v) is 11.7. The van der Waals surface area contributed by atoms with E-state index in [0.717, 1.165) is 5.56 Å². The Morgan fingerprint density at radius 2 is 1.53 bits per heavy atom. The minimum Gasteiger partial charge on any atom is -0.493 e. The van der Waals surface area contributed by atoms with E-state index in [9.17, 15) is 13.2 Å². The normalized spacial score (nSPS) is 13.1. The number of methoxy groups -OCH3 is 4. The minimum absolute atomic E-state index is 0.00444. The number of rotatable bonds is 13. The summed E-state index contributed by atoms with van der Waals surface area (Å²) >= 11 is 0. The summed E-state index contributed by atoms with van der Waals surface area (Å²) in [4.78, 5) is 12.8. The van der Waals surface area contributed by atoms with Crippen LogP contribution in [0.15, 0.2) is 41.3 Å². The average molecular weight is 499 g/mol. The van der Waals surface area contributed by atoms with Crippen LogP contribution in [0.3, 0.4) is 0 Å². The molecule has 0 bridgehead atoms. The predicted octanol–water partition coefficient (Wildman–Crippen LogP) is 3.02. The van der Waals surface area contributed by atoms with Gasteiger partial charge in [-0.3, -0.25) is 0 Å². The lowest BCUT2D eigenvalue weighted by atomic mass is 10.0. The standard InChI is InChI=1S/C23H30O10S/c1-7-31-23(24)22(33-34(25,26)17-10-8-15(2)9-11-17)20(32-14-27-3)16-12-18(28-4)21(30-6)19(13-16)29-5/h8-13,20,22H,7,14H2,1-6H3/t20-,22+/m1/s1. The van der Waals surface area contributed by atoms with Crippen LogP contribution < -0.4 is 14.2 Å². The summed E-state index contributed by atoms with van der Waals surface area (Å²) in [6.45, 7) is 3.13. The first kappa shape index (κ1) is 27.4. The summed E-state index contributed by atoms with van der Waals surface area (Å²) in [5.74, 6) is -0.0908. The molecule has 2 aromatic rings. The smallest absolute Gasteiger partial charge is 0.339 e. The summed E-state index contributed by atoms with van der Waals surface area (Å²) in [7, 11) is 1.30. The van der Waals surface area contributed by atoms with Crippen molar-refractivity contribution in [3.63, 3.8) is 0 Å². The Balaban J connectivity index is 2.61. The van der Waals surface area contributed by atoms with Crippen molar-refractivity contribution in [3.8, 4) is 17.2 Å². The van der Waals surface area contributed by atoms with Gasteiger partial charge in [-0.1, -0.05) is 17.7 Å². The second-order valence-electron chi connectivity index (χ2n) is 6.99. The van der Waals surface area contributed by atoms with E-state index in [1.807, 2.05) is 6.92 Å². The van der Waals surface area contributed by atoms with Gasteiger partial charge in [0.1, 0.15) is 12.9 Å². The minimum atomic E-state index is -4.37. The summed E-state index contributed by atoms with van der Waals surface area (Å²) in [5.41, 5.74) is 1.17. The second-order valence-corrected chi connectivity index (χ2v) is 8.56. The zero-order valence-electron chi connectivity index (χ0n) is 20.0. The summed E-state index contributed by atoms with van der Waals surface area (Å²) < 4.78 is 63.4. The molecule has 0 aromatic heterocycles. The van der Waals surface area contributed by atoms with Crippen LogP contribution in [0.2, 0.25) is 0 Å². The molecular weight excluding hydrogens is 468 g/mol. The van der Waals surface area contributed by atoms with Crippen LogP contribution in [-0.4, -0.2) is 62.3 Å². The topological polar surface area (TPSA) is 116 Å². The molecule has 0 fully saturated rings. The van der Waals surface area contributed by atoms with Crippen LogP contribution in [0.5, 0.6) is 17.2 Å². The molecule has 0 N–H and O–H groups in total. The monoisotopic (exact) mass is 498 g/mol. The van der Waals surface area contributed by atoms with Crippen LogP contribution in [-0.2, 0) is 33.3 Å². The molecule has 0 aliphatic rings. The van der Waals surface area contributed by atoms with Crippen molar-refractivity contribution in [1.29, 1.82) is 0 Å². The molecular formula is C23H30O10S. The highest BCUT2D eigenvalue weighted by atomic mass is 32.2. The van der Waals surface area contributed by atoms with E-state index in [1.54, 1.807) is 19.1 Å². The van der Waals surface area contributed by atoms with Crippen molar-refractivity contribution in [2.24, 2.45) is 0 Å². The van der Waals surface area contributed by atoms with Crippen LogP contribution >= 0.6 is 0 Å². The molecule has 0 aliphatic heterocycles. The van der Waals surface area contributed by atoms with Gasteiger partial charge in [0, 0.05) is 7.11 Å². The molecule has 0 spiro atoms. The van der Waals surface area contributed by atoms with Crippen LogP contribution in [0.4, 0.5) is 0 Å². The molecule has 10 nitrogen and oxygen atoms in total. The lowest BCUT2D eigenvalue weighted by Gasteiger charge is -2.26. The molecule has 188 valence electrons. The molecule has 2 atom stereocenters. The van der Waals surface area contributed by atoms with Gasteiger partial charge in [-0.25, -0.2) is 8.98 Å². The number of benzene rings is 2. The maximum atomic E-state index is 13.0. The number of esters is 1. The largest absolute Gasteiger partial charge is 0.493 e. The number of carbonyl (C=O) groups excluding carboxylic acids is 1. The summed E-state index contributed by atoms with van der Waals surface area (Å²) in [6, 6.07) is 9.06. The van der Waals surface area contributed by atoms with Crippen LogP contribution in [0, 0.1) is 6.92 Å². The highest BCUT2D eigenvalue weighted by Crippen LogP contribution is 2.41. The summed E-state index contributed by atoms with van der Waals surface area (Å²) in [6.07, 6.45) is -2.97. The third-order valence-corrected chi connectivity index (χ3v) is 6.03. The maximum absolute atomic E-state index is 13.0. The van der Waals surface area contributed by atoms with Crippen molar-refractivity contribution < 1.29 is 45.8 Å². The number of carbonyl (C=O) groups is 1. The molecule has 0 unspecified atom stereocenters. The van der Waals surface area contributed by atoms with Crippen molar-refractivity contribution >= 4 is 16.1 Å². The van der Waals surface area contributed by atoms with E-state index in [2.05, 4.69) is 0 Å². The Labute approximate surface area is 199 Å². The molecule has 34 heavy (non-hydrogen) atoms. The van der Waals surface area contributed by atoms with E-state index >= 15 is 0 Å². The quantitative estimate of drug-likeness (QED) is 0.232. The molecule has 0 radical (unpaired) electrons. The number of hydrogen-bond acceptors (Lipinski definition) is 10. The molecule has 2 aromatic carbocycles. The zero-order chi connectivity index (χ0) is 25.3. The number of aryl methyl sites for hydroxylation is 1. The van der Waals surface area contributed by atoms with Gasteiger partial charge in [0.2, 0.25) is 11.9 Å². The highest BCUT2D eigenvalue weighted by molar-refractivity contribution is 7.86. The van der Waals surface area contributed by atoms with Gasteiger partial charge in [0.05, 0.1) is 32.8 Å². The molecule has 2 rings (SSSR count). The molecule has 0 amide bonds. The zero-order valence-corrected chi connectivity index (χ0v) is 20.8. The van der Waals surface area contributed by atoms with Crippen molar-refractivity contribution in [2.75, 3.05) is 41.8 Å². The molecule has 0 heterocycles.